The first kappa shape index (κ1) is 22.9. The van der Waals surface area contributed by atoms with E-state index >= 15 is 0 Å². The molecule has 3 rings (SSSR count). The first-order valence-corrected chi connectivity index (χ1v) is 9.59. The minimum Gasteiger partial charge on any atom is -0.322 e. The second-order valence-corrected chi connectivity index (χ2v) is 7.06. The van der Waals surface area contributed by atoms with Crippen LogP contribution in [0.3, 0.4) is 0 Å². The van der Waals surface area contributed by atoms with Gasteiger partial charge in [-0.05, 0) is 50.0 Å². The standard InChI is InChI=1S/C22H19F4N5O/c1-14-11-15(9-10-28-14)5-6-16(30-27)12-29-19-8-7-17-18(23)3-2-4-20(17)31(21(19)32)13-22(24,25)26/h2-4,9-12,19H,7-8,13,27H2,1H3. The van der Waals surface area contributed by atoms with Crippen LogP contribution in [0, 0.1) is 24.6 Å². The molecule has 1 amide bonds. The molecule has 0 aliphatic carbocycles. The number of anilines is 1. The van der Waals surface area contributed by atoms with E-state index in [2.05, 4.69) is 26.9 Å². The molecule has 0 saturated carbocycles. The molecule has 0 saturated heterocycles. The van der Waals surface area contributed by atoms with E-state index in [1.54, 1.807) is 25.3 Å². The van der Waals surface area contributed by atoms with Gasteiger partial charge in [0.1, 0.15) is 18.4 Å². The fraction of sp³-hybridized carbons (Fsp3) is 0.273. The number of aryl methyl sites for hydroxylation is 1. The van der Waals surface area contributed by atoms with Crippen molar-refractivity contribution in [3.63, 3.8) is 0 Å². The number of fused-ring (bicyclic) bond motifs is 1. The molecule has 0 radical (unpaired) electrons. The van der Waals surface area contributed by atoms with Crippen LogP contribution in [0.5, 0.6) is 0 Å². The van der Waals surface area contributed by atoms with Crippen molar-refractivity contribution in [2.24, 2.45) is 15.9 Å². The van der Waals surface area contributed by atoms with Gasteiger partial charge in [-0.3, -0.25) is 14.8 Å². The van der Waals surface area contributed by atoms with Crippen molar-refractivity contribution in [1.82, 2.24) is 4.98 Å². The van der Waals surface area contributed by atoms with Gasteiger partial charge in [0.15, 0.2) is 5.71 Å². The van der Waals surface area contributed by atoms with Crippen molar-refractivity contribution < 1.29 is 22.4 Å². The number of nitrogens with two attached hydrogens (primary N) is 1. The molecule has 6 nitrogen and oxygen atoms in total. The number of rotatable bonds is 3. The lowest BCUT2D eigenvalue weighted by Crippen LogP contribution is -2.43. The Morgan fingerprint density at radius 1 is 1.38 bits per heavy atom. The van der Waals surface area contributed by atoms with Gasteiger partial charge in [-0.1, -0.05) is 12.0 Å². The van der Waals surface area contributed by atoms with Gasteiger partial charge in [0.05, 0.1) is 11.9 Å². The van der Waals surface area contributed by atoms with Crippen LogP contribution in [0.1, 0.15) is 23.2 Å². The topological polar surface area (TPSA) is 83.9 Å². The molecule has 0 spiro atoms. The number of aromatic nitrogens is 1. The summed E-state index contributed by atoms with van der Waals surface area (Å²) >= 11 is 0. The molecule has 2 heterocycles. The monoisotopic (exact) mass is 445 g/mol. The Labute approximate surface area is 181 Å². The average molecular weight is 445 g/mol. The van der Waals surface area contributed by atoms with E-state index in [0.717, 1.165) is 18.0 Å². The van der Waals surface area contributed by atoms with Crippen LogP contribution in [0.2, 0.25) is 0 Å². The number of carbonyl (C=O) groups excluding carboxylic acids is 1. The molecule has 0 fully saturated rings. The molecule has 1 aliphatic heterocycles. The van der Waals surface area contributed by atoms with E-state index in [1.165, 1.54) is 12.1 Å². The van der Waals surface area contributed by atoms with E-state index in [1.807, 2.05) is 0 Å². The van der Waals surface area contributed by atoms with E-state index in [4.69, 9.17) is 5.84 Å². The Balaban J connectivity index is 1.87. The minimum atomic E-state index is -4.67. The maximum absolute atomic E-state index is 14.3. The van der Waals surface area contributed by atoms with E-state index in [0.29, 0.717) is 10.5 Å². The molecule has 32 heavy (non-hydrogen) atoms. The molecule has 1 aromatic carbocycles. The molecule has 1 aromatic heterocycles. The zero-order valence-corrected chi connectivity index (χ0v) is 17.0. The minimum absolute atomic E-state index is 0.0203. The van der Waals surface area contributed by atoms with Crippen LogP contribution in [0.4, 0.5) is 23.2 Å². The van der Waals surface area contributed by atoms with Gasteiger partial charge in [0.2, 0.25) is 0 Å². The summed E-state index contributed by atoms with van der Waals surface area (Å²) in [5.74, 6) is 9.29. The van der Waals surface area contributed by atoms with Gasteiger partial charge in [-0.25, -0.2) is 4.39 Å². The third-order valence-electron chi connectivity index (χ3n) is 4.69. The van der Waals surface area contributed by atoms with E-state index in [9.17, 15) is 22.4 Å². The Morgan fingerprint density at radius 3 is 2.84 bits per heavy atom. The molecule has 10 heteroatoms. The first-order chi connectivity index (χ1) is 15.2. The third-order valence-corrected chi connectivity index (χ3v) is 4.69. The summed E-state index contributed by atoms with van der Waals surface area (Å²) in [4.78, 5) is 21.6. The lowest BCUT2D eigenvalue weighted by Gasteiger charge is -2.25. The normalized spacial score (nSPS) is 17.0. The SMILES string of the molecule is Cc1cc(C#CC(C=NC2CCc3c(F)cccc3N(CC(F)(F)F)C2=O)=NN)ccn1. The van der Waals surface area contributed by atoms with Crippen LogP contribution in [-0.4, -0.2) is 41.6 Å². The van der Waals surface area contributed by atoms with Crippen LogP contribution < -0.4 is 10.7 Å². The van der Waals surface area contributed by atoms with Gasteiger partial charge in [0.25, 0.3) is 5.91 Å². The highest BCUT2D eigenvalue weighted by atomic mass is 19.4. The van der Waals surface area contributed by atoms with Crippen LogP contribution in [-0.2, 0) is 11.2 Å². The molecule has 166 valence electrons. The number of hydrogen-bond acceptors (Lipinski definition) is 5. The largest absolute Gasteiger partial charge is 0.406 e. The van der Waals surface area contributed by atoms with Crippen molar-refractivity contribution >= 4 is 23.5 Å². The number of carbonyl (C=O) groups is 1. The van der Waals surface area contributed by atoms with Crippen LogP contribution in [0.25, 0.3) is 0 Å². The molecule has 2 N–H and O–H groups in total. The maximum Gasteiger partial charge on any atom is 0.406 e. The van der Waals surface area contributed by atoms with Crippen molar-refractivity contribution in [3.05, 3.63) is 59.2 Å². The maximum atomic E-state index is 14.3. The summed E-state index contributed by atoms with van der Waals surface area (Å²) < 4.78 is 53.7. The zero-order chi connectivity index (χ0) is 23.3. The third kappa shape index (κ3) is 5.69. The number of hydrazone groups is 1. The summed E-state index contributed by atoms with van der Waals surface area (Å²) in [6.45, 7) is 0.253. The van der Waals surface area contributed by atoms with Crippen molar-refractivity contribution in [2.75, 3.05) is 11.4 Å². The number of aliphatic imine (C=N–C) groups is 1. The Hall–Kier alpha value is -3.74. The summed E-state index contributed by atoms with van der Waals surface area (Å²) in [5.41, 5.74) is 1.38. The predicted molar refractivity (Wildman–Crippen MR) is 113 cm³/mol. The lowest BCUT2D eigenvalue weighted by atomic mass is 10.1. The first-order valence-electron chi connectivity index (χ1n) is 9.59. The molecule has 0 bridgehead atoms. The molecule has 1 atom stereocenters. The second-order valence-electron chi connectivity index (χ2n) is 7.06. The smallest absolute Gasteiger partial charge is 0.322 e. The number of hydrogen-bond donors (Lipinski definition) is 1. The van der Waals surface area contributed by atoms with Crippen LogP contribution in [0.15, 0.2) is 46.6 Å². The molecular weight excluding hydrogens is 426 g/mol. The van der Waals surface area contributed by atoms with Crippen molar-refractivity contribution in [1.29, 1.82) is 0 Å². The van der Waals surface area contributed by atoms with Gasteiger partial charge in [-0.2, -0.15) is 18.3 Å². The summed E-state index contributed by atoms with van der Waals surface area (Å²) in [6.07, 6.45) is -1.88. The highest BCUT2D eigenvalue weighted by Crippen LogP contribution is 2.32. The van der Waals surface area contributed by atoms with Crippen molar-refractivity contribution in [3.8, 4) is 11.8 Å². The molecule has 2 aromatic rings. The summed E-state index contributed by atoms with van der Waals surface area (Å²) in [7, 11) is 0. The Bertz CT molecular complexity index is 1130. The van der Waals surface area contributed by atoms with Crippen LogP contribution >= 0.6 is 0 Å². The predicted octanol–water partition coefficient (Wildman–Crippen LogP) is 3.18. The zero-order valence-electron chi connectivity index (χ0n) is 17.0. The fourth-order valence-corrected chi connectivity index (χ4v) is 3.25. The highest BCUT2D eigenvalue weighted by molar-refractivity contribution is 6.38. The molecular formula is C22H19F4N5O. The van der Waals surface area contributed by atoms with Gasteiger partial charge in [0, 0.05) is 23.0 Å². The lowest BCUT2D eigenvalue weighted by molar-refractivity contribution is -0.133. The van der Waals surface area contributed by atoms with Gasteiger partial charge < -0.3 is 10.7 Å². The number of halogens is 4. The second kappa shape index (κ2) is 9.60. The Morgan fingerprint density at radius 2 is 2.16 bits per heavy atom. The average Bonchev–Trinajstić information content (AvgIpc) is 2.86. The van der Waals surface area contributed by atoms with Gasteiger partial charge in [-0.15, -0.1) is 0 Å². The quantitative estimate of drug-likeness (QED) is 0.259. The molecule has 1 aliphatic rings. The van der Waals surface area contributed by atoms with E-state index < -0.39 is 30.5 Å². The highest BCUT2D eigenvalue weighted by Gasteiger charge is 2.39. The number of benzene rings is 1. The number of pyridine rings is 1. The van der Waals surface area contributed by atoms with Gasteiger partial charge >= 0.3 is 6.18 Å². The van der Waals surface area contributed by atoms with E-state index in [-0.39, 0.29) is 29.8 Å². The van der Waals surface area contributed by atoms with Crippen molar-refractivity contribution in [2.45, 2.75) is 32.0 Å². The fourth-order valence-electron chi connectivity index (χ4n) is 3.25. The number of alkyl halides is 3. The molecule has 1 unspecified atom stereocenters. The summed E-state index contributed by atoms with van der Waals surface area (Å²) in [5, 5.41) is 3.50. The number of amides is 1. The summed E-state index contributed by atoms with van der Waals surface area (Å²) in [6, 6.07) is 5.96. The number of nitrogens with zero attached hydrogens (tertiary/aromatic N) is 4. The Kier molecular flexibility index (Phi) is 6.88.